The van der Waals surface area contributed by atoms with Crippen molar-refractivity contribution in [1.82, 2.24) is 10.3 Å². The van der Waals surface area contributed by atoms with Crippen molar-refractivity contribution in [3.05, 3.63) is 52.0 Å². The molecule has 0 radical (unpaired) electrons. The first-order valence-electron chi connectivity index (χ1n) is 8.70. The molecule has 136 valence electrons. The largest absolute Gasteiger partial charge is 0.465 e. The van der Waals surface area contributed by atoms with Crippen molar-refractivity contribution >= 4 is 23.3 Å². The van der Waals surface area contributed by atoms with E-state index < -0.39 is 5.54 Å². The third kappa shape index (κ3) is 3.12. The van der Waals surface area contributed by atoms with Gasteiger partial charge in [0, 0.05) is 22.6 Å². The number of carbonyl (C=O) groups is 1. The standard InChI is InChI=1S/C19H21N3O3S/c1-12-10-26-17(20-12)19-11-25-13(2)8-15(19)9-24-18(22-19)21-16(23)14-6-4-3-5-7-14/h3-7,10,13,15H,8-9,11H2,1-2H3,(H,21,22,23)/t13-,15?,19-/m0/s1. The monoisotopic (exact) mass is 371 g/mol. The summed E-state index contributed by atoms with van der Waals surface area (Å²) < 4.78 is 11.7. The number of fused-ring (bicyclic) bond motifs is 1. The molecule has 1 amide bonds. The Kier molecular flexibility index (Phi) is 4.50. The summed E-state index contributed by atoms with van der Waals surface area (Å²) in [5, 5.41) is 5.73. The summed E-state index contributed by atoms with van der Waals surface area (Å²) in [6.45, 7) is 4.96. The number of hydrogen-bond donors (Lipinski definition) is 1. The number of nitrogens with zero attached hydrogens (tertiary/aromatic N) is 2. The first-order chi connectivity index (χ1) is 12.6. The second-order valence-corrected chi connectivity index (χ2v) is 7.68. The fraction of sp³-hybridized carbons (Fsp3) is 0.421. The molecule has 3 atom stereocenters. The van der Waals surface area contributed by atoms with E-state index in [4.69, 9.17) is 14.5 Å². The smallest absolute Gasteiger partial charge is 0.292 e. The van der Waals surface area contributed by atoms with E-state index in [-0.39, 0.29) is 24.0 Å². The Hall–Kier alpha value is -2.25. The third-order valence-corrected chi connectivity index (χ3v) is 5.97. The van der Waals surface area contributed by atoms with Crippen LogP contribution in [0.3, 0.4) is 0 Å². The van der Waals surface area contributed by atoms with Crippen molar-refractivity contribution in [2.45, 2.75) is 31.9 Å². The van der Waals surface area contributed by atoms with Crippen LogP contribution in [0.5, 0.6) is 0 Å². The van der Waals surface area contributed by atoms with Gasteiger partial charge >= 0.3 is 0 Å². The van der Waals surface area contributed by atoms with Gasteiger partial charge in [0.05, 0.1) is 19.3 Å². The number of rotatable bonds is 2. The molecule has 26 heavy (non-hydrogen) atoms. The maximum absolute atomic E-state index is 12.5. The Labute approximate surface area is 156 Å². The number of hydrogen-bond acceptors (Lipinski definition) is 6. The number of carbonyl (C=O) groups excluding carboxylic acids is 1. The molecule has 1 N–H and O–H groups in total. The Balaban J connectivity index is 1.65. The molecule has 0 bridgehead atoms. The van der Waals surface area contributed by atoms with Gasteiger partial charge in [-0.2, -0.15) is 0 Å². The second kappa shape index (κ2) is 6.81. The molecule has 1 saturated heterocycles. The van der Waals surface area contributed by atoms with Gasteiger partial charge in [0.25, 0.3) is 11.9 Å². The molecule has 2 aliphatic heterocycles. The SMILES string of the molecule is Cc1csc([C@]23CO[C@@H](C)CC2COC(NC(=O)c2ccccc2)=N3)n1. The number of amides is 1. The lowest BCUT2D eigenvalue weighted by Gasteiger charge is -2.44. The number of thiazole rings is 1. The zero-order chi connectivity index (χ0) is 18.1. The van der Waals surface area contributed by atoms with Crippen molar-refractivity contribution in [2.75, 3.05) is 13.2 Å². The second-order valence-electron chi connectivity index (χ2n) is 6.82. The van der Waals surface area contributed by atoms with Gasteiger partial charge in [-0.25, -0.2) is 9.98 Å². The van der Waals surface area contributed by atoms with Crippen LogP contribution < -0.4 is 5.32 Å². The Morgan fingerprint density at radius 3 is 2.88 bits per heavy atom. The topological polar surface area (TPSA) is 72.8 Å². The van der Waals surface area contributed by atoms with Crippen LogP contribution in [0.4, 0.5) is 0 Å². The van der Waals surface area contributed by atoms with Crippen LogP contribution in [0.15, 0.2) is 40.7 Å². The summed E-state index contributed by atoms with van der Waals surface area (Å²) in [5.41, 5.74) is 0.935. The van der Waals surface area contributed by atoms with Crippen LogP contribution in [0.2, 0.25) is 0 Å². The van der Waals surface area contributed by atoms with E-state index in [9.17, 15) is 4.79 Å². The van der Waals surface area contributed by atoms with Crippen molar-refractivity contribution in [2.24, 2.45) is 10.9 Å². The minimum absolute atomic E-state index is 0.161. The van der Waals surface area contributed by atoms with Crippen LogP contribution in [0.25, 0.3) is 0 Å². The lowest BCUT2D eigenvalue weighted by atomic mass is 9.79. The highest BCUT2D eigenvalue weighted by atomic mass is 32.1. The molecule has 0 spiro atoms. The van der Waals surface area contributed by atoms with Crippen LogP contribution in [-0.2, 0) is 15.0 Å². The van der Waals surface area contributed by atoms with Crippen LogP contribution in [0, 0.1) is 12.8 Å². The number of amidine groups is 1. The summed E-state index contributed by atoms with van der Waals surface area (Å²) in [5.74, 6) is -0.0625. The molecule has 0 aliphatic carbocycles. The molecular weight excluding hydrogens is 350 g/mol. The van der Waals surface area contributed by atoms with E-state index in [2.05, 4.69) is 17.2 Å². The Morgan fingerprint density at radius 2 is 2.15 bits per heavy atom. The molecule has 3 heterocycles. The lowest BCUT2D eigenvalue weighted by molar-refractivity contribution is -0.0740. The highest BCUT2D eigenvalue weighted by Gasteiger charge is 2.50. The fourth-order valence-electron chi connectivity index (χ4n) is 3.43. The third-order valence-electron chi connectivity index (χ3n) is 4.85. The van der Waals surface area contributed by atoms with Gasteiger partial charge in [-0.1, -0.05) is 18.2 Å². The van der Waals surface area contributed by atoms with Gasteiger partial charge in [-0.3, -0.25) is 10.1 Å². The molecule has 1 fully saturated rings. The average molecular weight is 371 g/mol. The van der Waals surface area contributed by atoms with Crippen molar-refractivity contribution in [3.8, 4) is 0 Å². The van der Waals surface area contributed by atoms with Crippen LogP contribution in [-0.4, -0.2) is 36.2 Å². The van der Waals surface area contributed by atoms with Gasteiger partial charge in [-0.05, 0) is 32.4 Å². The first-order valence-corrected chi connectivity index (χ1v) is 9.58. The van der Waals surface area contributed by atoms with E-state index >= 15 is 0 Å². The molecule has 6 nitrogen and oxygen atoms in total. The van der Waals surface area contributed by atoms with E-state index in [0.717, 1.165) is 17.1 Å². The predicted octanol–water partition coefficient (Wildman–Crippen LogP) is 2.89. The zero-order valence-corrected chi connectivity index (χ0v) is 15.6. The molecule has 7 heteroatoms. The zero-order valence-electron chi connectivity index (χ0n) is 14.8. The van der Waals surface area contributed by atoms with Crippen molar-refractivity contribution in [1.29, 1.82) is 0 Å². The quantitative estimate of drug-likeness (QED) is 0.881. The van der Waals surface area contributed by atoms with E-state index in [1.54, 1.807) is 23.5 Å². The lowest BCUT2D eigenvalue weighted by Crippen LogP contribution is -2.52. The van der Waals surface area contributed by atoms with Crippen LogP contribution >= 0.6 is 11.3 Å². The highest BCUT2D eigenvalue weighted by molar-refractivity contribution is 7.09. The van der Waals surface area contributed by atoms with E-state index in [1.165, 1.54) is 0 Å². The summed E-state index contributed by atoms with van der Waals surface area (Å²) in [7, 11) is 0. The minimum atomic E-state index is -0.594. The van der Waals surface area contributed by atoms with Crippen molar-refractivity contribution in [3.63, 3.8) is 0 Å². The molecule has 4 rings (SSSR count). The Morgan fingerprint density at radius 1 is 1.35 bits per heavy atom. The normalized spacial score (nSPS) is 27.8. The minimum Gasteiger partial charge on any atom is -0.465 e. The number of aryl methyl sites for hydroxylation is 1. The van der Waals surface area contributed by atoms with Gasteiger partial charge in [0.15, 0.2) is 0 Å². The van der Waals surface area contributed by atoms with E-state index in [0.29, 0.717) is 18.8 Å². The molecule has 0 saturated carbocycles. The summed E-state index contributed by atoms with van der Waals surface area (Å²) in [6.07, 6.45) is 1.01. The number of benzene rings is 1. The molecule has 1 aromatic carbocycles. The first kappa shape index (κ1) is 17.2. The Bertz CT molecular complexity index is 836. The number of nitrogens with one attached hydrogen (secondary N) is 1. The number of aliphatic imine (C=N–C) groups is 1. The molecule has 1 aromatic heterocycles. The maximum atomic E-state index is 12.5. The summed E-state index contributed by atoms with van der Waals surface area (Å²) >= 11 is 1.58. The summed E-state index contributed by atoms with van der Waals surface area (Å²) in [6, 6.07) is 9.27. The van der Waals surface area contributed by atoms with Crippen LogP contribution in [0.1, 0.15) is 34.4 Å². The fourth-order valence-corrected chi connectivity index (χ4v) is 4.44. The van der Waals surface area contributed by atoms with Crippen molar-refractivity contribution < 1.29 is 14.3 Å². The maximum Gasteiger partial charge on any atom is 0.292 e. The highest BCUT2D eigenvalue weighted by Crippen LogP contribution is 2.44. The average Bonchev–Trinajstić information content (AvgIpc) is 3.09. The molecular formula is C19H21N3O3S. The van der Waals surface area contributed by atoms with Gasteiger partial charge in [0.2, 0.25) is 0 Å². The van der Waals surface area contributed by atoms with Gasteiger partial charge in [0.1, 0.15) is 10.5 Å². The summed E-state index contributed by atoms with van der Waals surface area (Å²) in [4.78, 5) is 21.9. The van der Waals surface area contributed by atoms with Gasteiger partial charge < -0.3 is 9.47 Å². The van der Waals surface area contributed by atoms with Gasteiger partial charge in [-0.15, -0.1) is 11.3 Å². The number of ether oxygens (including phenoxy) is 2. The predicted molar refractivity (Wildman–Crippen MR) is 99.3 cm³/mol. The molecule has 2 aromatic rings. The number of aromatic nitrogens is 1. The molecule has 2 aliphatic rings. The van der Waals surface area contributed by atoms with E-state index in [1.807, 2.05) is 30.5 Å². The molecule has 1 unspecified atom stereocenters.